The average molecular weight is 370 g/mol. The van der Waals surface area contributed by atoms with Crippen LogP contribution < -0.4 is 0 Å². The summed E-state index contributed by atoms with van der Waals surface area (Å²) in [6.07, 6.45) is -0.622. The minimum atomic E-state index is -4.41. The van der Waals surface area contributed by atoms with Gasteiger partial charge in [-0.1, -0.05) is 43.3 Å². The quantitative estimate of drug-likeness (QED) is 0.383. The molecule has 0 atom stereocenters. The third-order valence-electron chi connectivity index (χ3n) is 4.15. The number of halogens is 3. The van der Waals surface area contributed by atoms with Gasteiger partial charge in [0.05, 0.1) is 5.56 Å². The van der Waals surface area contributed by atoms with E-state index in [1.807, 2.05) is 19.1 Å². The smallest absolute Gasteiger partial charge is 0.416 e. The van der Waals surface area contributed by atoms with Gasteiger partial charge in [0.25, 0.3) is 0 Å². The first-order valence-electron chi connectivity index (χ1n) is 8.45. The molecule has 0 aliphatic carbocycles. The van der Waals surface area contributed by atoms with Crippen LogP contribution in [0, 0.1) is 0 Å². The summed E-state index contributed by atoms with van der Waals surface area (Å²) in [5.41, 5.74) is 1.30. The second-order valence-corrected chi connectivity index (χ2v) is 6.03. The van der Waals surface area contributed by atoms with Gasteiger partial charge in [0.2, 0.25) is 0 Å². The van der Waals surface area contributed by atoms with E-state index in [4.69, 9.17) is 4.42 Å². The summed E-state index contributed by atoms with van der Waals surface area (Å²) in [5.74, 6) is 0.524. The minimum Gasteiger partial charge on any atom is -0.457 e. The molecule has 0 radical (unpaired) electrons. The molecule has 0 saturated carbocycles. The molecule has 0 N–H and O–H groups in total. The lowest BCUT2D eigenvalue weighted by molar-refractivity contribution is -0.137. The summed E-state index contributed by atoms with van der Waals surface area (Å²) < 4.78 is 44.0. The van der Waals surface area contributed by atoms with Gasteiger partial charge in [0.1, 0.15) is 11.5 Å². The summed E-state index contributed by atoms with van der Waals surface area (Å²) in [4.78, 5) is 12.2. The molecule has 0 amide bonds. The molecule has 0 bridgehead atoms. The maximum Gasteiger partial charge on any atom is 0.416 e. The molecule has 2 aromatic carbocycles. The Morgan fingerprint density at radius 3 is 2.44 bits per heavy atom. The Labute approximate surface area is 154 Å². The molecule has 3 rings (SSSR count). The van der Waals surface area contributed by atoms with Crippen molar-refractivity contribution in [1.82, 2.24) is 0 Å². The average Bonchev–Trinajstić information content (AvgIpc) is 3.15. The monoisotopic (exact) mass is 370 g/mol. The van der Waals surface area contributed by atoms with Gasteiger partial charge in [0.15, 0.2) is 5.78 Å². The second-order valence-electron chi connectivity index (χ2n) is 6.03. The minimum absolute atomic E-state index is 0.172. The van der Waals surface area contributed by atoms with Crippen LogP contribution in [0.3, 0.4) is 0 Å². The highest BCUT2D eigenvalue weighted by molar-refractivity contribution is 6.06. The molecule has 2 nitrogen and oxygen atoms in total. The fourth-order valence-electron chi connectivity index (χ4n) is 2.61. The number of hydrogen-bond donors (Lipinski definition) is 0. The van der Waals surface area contributed by atoms with Gasteiger partial charge in [-0.05, 0) is 48.4 Å². The fraction of sp³-hybridized carbons (Fsp3) is 0.136. The van der Waals surface area contributed by atoms with Gasteiger partial charge in [-0.15, -0.1) is 0 Å². The largest absolute Gasteiger partial charge is 0.457 e. The van der Waals surface area contributed by atoms with Gasteiger partial charge >= 0.3 is 6.18 Å². The summed E-state index contributed by atoms with van der Waals surface area (Å²) in [7, 11) is 0. The number of aryl methyl sites for hydroxylation is 1. The van der Waals surface area contributed by atoms with Gasteiger partial charge in [-0.2, -0.15) is 13.2 Å². The van der Waals surface area contributed by atoms with E-state index in [9.17, 15) is 18.0 Å². The number of benzene rings is 2. The Balaban J connectivity index is 1.76. The van der Waals surface area contributed by atoms with Crippen LogP contribution in [0.25, 0.3) is 17.4 Å². The number of allylic oxidation sites excluding steroid dienone is 1. The predicted molar refractivity (Wildman–Crippen MR) is 98.3 cm³/mol. The molecular weight excluding hydrogens is 353 g/mol. The second kappa shape index (κ2) is 7.66. The Morgan fingerprint density at radius 1 is 1.04 bits per heavy atom. The number of carbonyl (C=O) groups is 1. The highest BCUT2D eigenvalue weighted by atomic mass is 19.4. The van der Waals surface area contributed by atoms with E-state index in [-0.39, 0.29) is 5.78 Å². The first-order chi connectivity index (χ1) is 12.9. The van der Waals surface area contributed by atoms with Crippen molar-refractivity contribution < 1.29 is 22.4 Å². The Morgan fingerprint density at radius 2 is 1.78 bits per heavy atom. The fourth-order valence-corrected chi connectivity index (χ4v) is 2.61. The lowest BCUT2D eigenvalue weighted by Gasteiger charge is -2.07. The molecule has 1 aromatic heterocycles. The third-order valence-corrected chi connectivity index (χ3v) is 4.15. The maximum atomic E-state index is 12.8. The summed E-state index contributed by atoms with van der Waals surface area (Å²) in [6.45, 7) is 2.04. The SMILES string of the molecule is CCc1ccc(C(=O)/C=C/c2ccc(-c3cccc(C(F)(F)F)c3)o2)cc1. The zero-order chi connectivity index (χ0) is 19.4. The van der Waals surface area contributed by atoms with Crippen molar-refractivity contribution >= 4 is 11.9 Å². The summed E-state index contributed by atoms with van der Waals surface area (Å²) in [6, 6.07) is 15.4. The molecular formula is C22H17F3O2. The lowest BCUT2D eigenvalue weighted by Crippen LogP contribution is -2.04. The highest BCUT2D eigenvalue weighted by Gasteiger charge is 2.30. The number of alkyl halides is 3. The number of rotatable bonds is 5. The van der Waals surface area contributed by atoms with Gasteiger partial charge in [-0.3, -0.25) is 4.79 Å². The number of ketones is 1. The van der Waals surface area contributed by atoms with E-state index >= 15 is 0 Å². The van der Waals surface area contributed by atoms with Crippen molar-refractivity contribution in [1.29, 1.82) is 0 Å². The molecule has 0 saturated heterocycles. The molecule has 0 unspecified atom stereocenters. The van der Waals surface area contributed by atoms with E-state index in [0.29, 0.717) is 22.6 Å². The normalized spacial score (nSPS) is 11.9. The standard InChI is InChI=1S/C22H17F3O2/c1-2-15-6-8-16(9-7-15)20(26)12-10-19-11-13-21(27-19)17-4-3-5-18(14-17)22(23,24)25/h3-14H,2H2,1H3/b12-10+. The lowest BCUT2D eigenvalue weighted by atomic mass is 10.1. The van der Waals surface area contributed by atoms with Crippen molar-refractivity contribution in [2.75, 3.05) is 0 Å². The van der Waals surface area contributed by atoms with E-state index in [1.54, 1.807) is 30.3 Å². The molecule has 0 fully saturated rings. The van der Waals surface area contributed by atoms with Crippen LogP contribution >= 0.6 is 0 Å². The maximum absolute atomic E-state index is 12.8. The van der Waals surface area contributed by atoms with E-state index in [2.05, 4.69) is 0 Å². The highest BCUT2D eigenvalue weighted by Crippen LogP contribution is 2.32. The topological polar surface area (TPSA) is 30.2 Å². The van der Waals surface area contributed by atoms with Crippen LogP contribution in [0.15, 0.2) is 71.2 Å². The van der Waals surface area contributed by atoms with E-state index in [1.165, 1.54) is 18.2 Å². The third kappa shape index (κ3) is 4.56. The van der Waals surface area contributed by atoms with Crippen LogP contribution in [0.1, 0.15) is 34.2 Å². The number of hydrogen-bond acceptors (Lipinski definition) is 2. The van der Waals surface area contributed by atoms with Crippen molar-refractivity contribution in [2.24, 2.45) is 0 Å². The van der Waals surface area contributed by atoms with Gasteiger partial charge in [0, 0.05) is 11.1 Å². The van der Waals surface area contributed by atoms with Crippen molar-refractivity contribution in [3.05, 3.63) is 89.2 Å². The van der Waals surface area contributed by atoms with Crippen LogP contribution in [0.4, 0.5) is 13.2 Å². The molecule has 138 valence electrons. The van der Waals surface area contributed by atoms with Crippen molar-refractivity contribution in [3.63, 3.8) is 0 Å². The Kier molecular flexibility index (Phi) is 5.31. The van der Waals surface area contributed by atoms with Crippen LogP contribution in [-0.4, -0.2) is 5.78 Å². The van der Waals surface area contributed by atoms with Crippen molar-refractivity contribution in [3.8, 4) is 11.3 Å². The van der Waals surface area contributed by atoms with E-state index < -0.39 is 11.7 Å². The number of carbonyl (C=O) groups excluding carboxylic acids is 1. The number of furan rings is 1. The molecule has 5 heteroatoms. The Hall–Kier alpha value is -3.08. The van der Waals surface area contributed by atoms with Crippen LogP contribution in [-0.2, 0) is 12.6 Å². The van der Waals surface area contributed by atoms with Gasteiger partial charge in [-0.25, -0.2) is 0 Å². The van der Waals surface area contributed by atoms with Gasteiger partial charge < -0.3 is 4.42 Å². The zero-order valence-corrected chi connectivity index (χ0v) is 14.6. The molecule has 0 aliphatic rings. The predicted octanol–water partition coefficient (Wildman–Crippen LogP) is 6.42. The van der Waals surface area contributed by atoms with Crippen LogP contribution in [0.2, 0.25) is 0 Å². The first kappa shape index (κ1) is 18.7. The molecule has 1 heterocycles. The summed E-state index contributed by atoms with van der Waals surface area (Å²) in [5, 5.41) is 0. The summed E-state index contributed by atoms with van der Waals surface area (Å²) >= 11 is 0. The van der Waals surface area contributed by atoms with Crippen molar-refractivity contribution in [2.45, 2.75) is 19.5 Å². The molecule has 27 heavy (non-hydrogen) atoms. The molecule has 3 aromatic rings. The zero-order valence-electron chi connectivity index (χ0n) is 14.6. The van der Waals surface area contributed by atoms with E-state index in [0.717, 1.165) is 24.1 Å². The Bertz CT molecular complexity index is 964. The molecule has 0 spiro atoms. The first-order valence-corrected chi connectivity index (χ1v) is 8.45. The van der Waals surface area contributed by atoms with Crippen LogP contribution in [0.5, 0.6) is 0 Å². The molecule has 0 aliphatic heterocycles.